The van der Waals surface area contributed by atoms with Gasteiger partial charge in [0.2, 0.25) is 0 Å². The Kier molecular flexibility index (Phi) is 5.90. The van der Waals surface area contributed by atoms with E-state index in [1.165, 1.54) is 24.0 Å². The summed E-state index contributed by atoms with van der Waals surface area (Å²) in [5.74, 6) is 0.00304. The third-order valence-electron chi connectivity index (χ3n) is 3.18. The Bertz CT molecular complexity index is 394. The van der Waals surface area contributed by atoms with Crippen LogP contribution in [0, 0.1) is 12.8 Å². The van der Waals surface area contributed by atoms with Crippen molar-refractivity contribution in [3.63, 3.8) is 0 Å². The second-order valence-corrected chi connectivity index (χ2v) is 5.48. The normalized spacial score (nSPS) is 10.9. The van der Waals surface area contributed by atoms with Crippen LogP contribution in [0.1, 0.15) is 49.8 Å². The highest BCUT2D eigenvalue weighted by Gasteiger charge is 2.07. The average Bonchev–Trinajstić information content (AvgIpc) is 2.27. The number of hydrogen-bond donors (Lipinski definition) is 1. The lowest BCUT2D eigenvalue weighted by Crippen LogP contribution is -2.04. The monoisotopic (exact) mass is 248 g/mol. The SMILES string of the molecule is Cc1ccc(CC(=O)O)c(CCCCC(C)C)c1. The first kappa shape index (κ1) is 14.7. The van der Waals surface area contributed by atoms with Crippen LogP contribution in [-0.2, 0) is 17.6 Å². The van der Waals surface area contributed by atoms with Crippen molar-refractivity contribution >= 4 is 5.97 Å². The molecule has 1 rings (SSSR count). The Labute approximate surface area is 110 Å². The van der Waals surface area contributed by atoms with Crippen molar-refractivity contribution in [3.05, 3.63) is 34.9 Å². The van der Waals surface area contributed by atoms with Crippen LogP contribution in [-0.4, -0.2) is 11.1 Å². The maximum absolute atomic E-state index is 10.8. The van der Waals surface area contributed by atoms with E-state index in [9.17, 15) is 4.79 Å². The maximum Gasteiger partial charge on any atom is 0.307 e. The molecular formula is C16H24O2. The molecule has 0 spiro atoms. The fourth-order valence-corrected chi connectivity index (χ4v) is 2.19. The molecule has 0 unspecified atom stereocenters. The van der Waals surface area contributed by atoms with E-state index >= 15 is 0 Å². The van der Waals surface area contributed by atoms with Crippen molar-refractivity contribution < 1.29 is 9.90 Å². The lowest BCUT2D eigenvalue weighted by atomic mass is 9.96. The molecular weight excluding hydrogens is 224 g/mol. The molecule has 0 aromatic heterocycles. The average molecular weight is 248 g/mol. The van der Waals surface area contributed by atoms with Crippen LogP contribution in [0.2, 0.25) is 0 Å². The van der Waals surface area contributed by atoms with Crippen molar-refractivity contribution in [2.45, 2.75) is 52.9 Å². The molecule has 0 bridgehead atoms. The zero-order valence-electron chi connectivity index (χ0n) is 11.7. The Morgan fingerprint density at radius 1 is 1.22 bits per heavy atom. The summed E-state index contributed by atoms with van der Waals surface area (Å²) in [6, 6.07) is 6.09. The molecule has 1 aromatic carbocycles. The van der Waals surface area contributed by atoms with Gasteiger partial charge in [0.1, 0.15) is 0 Å². The van der Waals surface area contributed by atoms with E-state index in [2.05, 4.69) is 26.8 Å². The van der Waals surface area contributed by atoms with Gasteiger partial charge in [-0.1, -0.05) is 50.5 Å². The molecule has 0 aliphatic carbocycles. The quantitative estimate of drug-likeness (QED) is 0.741. The van der Waals surface area contributed by atoms with Crippen molar-refractivity contribution in [2.75, 3.05) is 0 Å². The number of carbonyl (C=O) groups is 1. The highest BCUT2D eigenvalue weighted by molar-refractivity contribution is 5.70. The molecule has 0 saturated carbocycles. The number of hydrogen-bond acceptors (Lipinski definition) is 1. The smallest absolute Gasteiger partial charge is 0.307 e. The molecule has 0 aliphatic heterocycles. The van der Waals surface area contributed by atoms with E-state index in [0.29, 0.717) is 0 Å². The van der Waals surface area contributed by atoms with Crippen molar-refractivity contribution in [1.29, 1.82) is 0 Å². The highest BCUT2D eigenvalue weighted by Crippen LogP contribution is 2.17. The van der Waals surface area contributed by atoms with Crippen LogP contribution in [0.5, 0.6) is 0 Å². The zero-order valence-corrected chi connectivity index (χ0v) is 11.7. The van der Waals surface area contributed by atoms with Gasteiger partial charge in [-0.3, -0.25) is 4.79 Å². The first-order valence-electron chi connectivity index (χ1n) is 6.79. The van der Waals surface area contributed by atoms with Crippen LogP contribution >= 0.6 is 0 Å². The predicted molar refractivity (Wildman–Crippen MR) is 74.9 cm³/mol. The van der Waals surface area contributed by atoms with Crippen molar-refractivity contribution in [2.24, 2.45) is 5.92 Å². The van der Waals surface area contributed by atoms with Crippen LogP contribution in [0.4, 0.5) is 0 Å². The topological polar surface area (TPSA) is 37.3 Å². The van der Waals surface area contributed by atoms with E-state index in [0.717, 1.165) is 24.3 Å². The van der Waals surface area contributed by atoms with Gasteiger partial charge in [0, 0.05) is 0 Å². The van der Waals surface area contributed by atoms with Crippen molar-refractivity contribution in [1.82, 2.24) is 0 Å². The largest absolute Gasteiger partial charge is 0.481 e. The summed E-state index contributed by atoms with van der Waals surface area (Å²) < 4.78 is 0. The number of aliphatic carboxylic acids is 1. The molecule has 100 valence electrons. The molecule has 2 nitrogen and oxygen atoms in total. The van der Waals surface area contributed by atoms with Gasteiger partial charge in [0.15, 0.2) is 0 Å². The Hall–Kier alpha value is -1.31. The molecule has 18 heavy (non-hydrogen) atoms. The summed E-state index contributed by atoms with van der Waals surface area (Å²) in [5, 5.41) is 8.91. The number of unbranched alkanes of at least 4 members (excludes halogenated alkanes) is 1. The standard InChI is InChI=1S/C16H24O2/c1-12(2)6-4-5-7-14-10-13(3)8-9-15(14)11-16(17)18/h8-10,12H,4-7,11H2,1-3H3,(H,17,18). The second-order valence-electron chi connectivity index (χ2n) is 5.48. The van der Waals surface area contributed by atoms with Crippen LogP contribution in [0.25, 0.3) is 0 Å². The molecule has 0 fully saturated rings. The minimum absolute atomic E-state index is 0.139. The second kappa shape index (κ2) is 7.20. The van der Waals surface area contributed by atoms with E-state index in [4.69, 9.17) is 5.11 Å². The molecule has 1 aromatic rings. The number of carboxylic acids is 1. The lowest BCUT2D eigenvalue weighted by molar-refractivity contribution is -0.136. The predicted octanol–water partition coefficient (Wildman–Crippen LogP) is 3.99. The number of aryl methyl sites for hydroxylation is 2. The summed E-state index contributed by atoms with van der Waals surface area (Å²) in [5.41, 5.74) is 3.39. The molecule has 0 radical (unpaired) electrons. The lowest BCUT2D eigenvalue weighted by Gasteiger charge is -2.10. The van der Waals surface area contributed by atoms with Crippen LogP contribution in [0.15, 0.2) is 18.2 Å². The van der Waals surface area contributed by atoms with E-state index in [1.807, 2.05) is 12.1 Å². The number of rotatable bonds is 7. The summed E-state index contributed by atoms with van der Waals surface area (Å²) in [6.07, 6.45) is 4.75. The van der Waals surface area contributed by atoms with Crippen molar-refractivity contribution in [3.8, 4) is 0 Å². The first-order valence-corrected chi connectivity index (χ1v) is 6.79. The molecule has 0 saturated heterocycles. The molecule has 1 N–H and O–H groups in total. The van der Waals surface area contributed by atoms with Gasteiger partial charge < -0.3 is 5.11 Å². The summed E-state index contributed by atoms with van der Waals surface area (Å²) in [7, 11) is 0. The minimum Gasteiger partial charge on any atom is -0.481 e. The number of benzene rings is 1. The molecule has 2 heteroatoms. The Morgan fingerprint density at radius 3 is 2.56 bits per heavy atom. The Morgan fingerprint density at radius 2 is 1.94 bits per heavy atom. The van der Waals surface area contributed by atoms with Gasteiger partial charge in [-0.2, -0.15) is 0 Å². The highest BCUT2D eigenvalue weighted by atomic mass is 16.4. The summed E-state index contributed by atoms with van der Waals surface area (Å²) >= 11 is 0. The third-order valence-corrected chi connectivity index (χ3v) is 3.18. The van der Waals surface area contributed by atoms with Gasteiger partial charge in [0.25, 0.3) is 0 Å². The number of carboxylic acid groups (broad SMARTS) is 1. The van der Waals surface area contributed by atoms with Crippen LogP contribution < -0.4 is 0 Å². The van der Waals surface area contributed by atoms with E-state index in [-0.39, 0.29) is 6.42 Å². The molecule has 0 heterocycles. The fourth-order valence-electron chi connectivity index (χ4n) is 2.19. The summed E-state index contributed by atoms with van der Waals surface area (Å²) in [6.45, 7) is 6.53. The maximum atomic E-state index is 10.8. The van der Waals surface area contributed by atoms with Gasteiger partial charge in [-0.25, -0.2) is 0 Å². The summed E-state index contributed by atoms with van der Waals surface area (Å²) in [4.78, 5) is 10.8. The first-order chi connectivity index (χ1) is 8.49. The van der Waals surface area contributed by atoms with Gasteiger partial charge in [0.05, 0.1) is 6.42 Å². The van der Waals surface area contributed by atoms with Gasteiger partial charge in [-0.05, 0) is 36.8 Å². The van der Waals surface area contributed by atoms with Gasteiger partial charge in [-0.15, -0.1) is 0 Å². The fraction of sp³-hybridized carbons (Fsp3) is 0.562. The van der Waals surface area contributed by atoms with Crippen LogP contribution in [0.3, 0.4) is 0 Å². The molecule has 0 aliphatic rings. The molecule has 0 amide bonds. The molecule has 0 atom stereocenters. The van der Waals surface area contributed by atoms with Gasteiger partial charge >= 0.3 is 5.97 Å². The Balaban J connectivity index is 2.61. The third kappa shape index (κ3) is 5.35. The van der Waals surface area contributed by atoms with E-state index < -0.39 is 5.97 Å². The minimum atomic E-state index is -0.748. The van der Waals surface area contributed by atoms with E-state index in [1.54, 1.807) is 0 Å². The zero-order chi connectivity index (χ0) is 13.5.